The molecule has 0 radical (unpaired) electrons. The van der Waals surface area contributed by atoms with E-state index in [0.29, 0.717) is 17.1 Å². The van der Waals surface area contributed by atoms with E-state index < -0.39 is 0 Å². The van der Waals surface area contributed by atoms with Gasteiger partial charge in [-0.15, -0.1) is 0 Å². The quantitative estimate of drug-likeness (QED) is 0.645. The Kier molecular flexibility index (Phi) is 7.04. The Morgan fingerprint density at radius 1 is 1.35 bits per heavy atom. The van der Waals surface area contributed by atoms with E-state index in [1.807, 2.05) is 0 Å². The summed E-state index contributed by atoms with van der Waals surface area (Å²) in [4.78, 5) is 12.2. The van der Waals surface area contributed by atoms with Crippen LogP contribution in [0.15, 0.2) is 22.7 Å². The van der Waals surface area contributed by atoms with Crippen LogP contribution in [-0.4, -0.2) is 12.5 Å². The molecule has 0 heterocycles. The molecule has 20 heavy (non-hydrogen) atoms. The van der Waals surface area contributed by atoms with Crippen LogP contribution < -0.4 is 5.32 Å². The predicted molar refractivity (Wildman–Crippen MR) is 89.4 cm³/mol. The first kappa shape index (κ1) is 17.5. The number of carbonyl (C=O) groups is 1. The summed E-state index contributed by atoms with van der Waals surface area (Å²) >= 11 is 9.25. The summed E-state index contributed by atoms with van der Waals surface area (Å²) in [7, 11) is 0. The van der Waals surface area contributed by atoms with Gasteiger partial charge in [-0.2, -0.15) is 0 Å². The van der Waals surface area contributed by atoms with Gasteiger partial charge in [0.25, 0.3) is 5.91 Å². The van der Waals surface area contributed by atoms with Crippen molar-refractivity contribution in [2.45, 2.75) is 46.5 Å². The Bertz CT molecular complexity index is 460. The molecule has 0 bridgehead atoms. The van der Waals surface area contributed by atoms with Gasteiger partial charge < -0.3 is 5.32 Å². The zero-order valence-electron chi connectivity index (χ0n) is 12.4. The summed E-state index contributed by atoms with van der Waals surface area (Å²) in [6.45, 7) is 7.27. The van der Waals surface area contributed by atoms with Gasteiger partial charge in [-0.3, -0.25) is 4.79 Å². The molecule has 1 aromatic rings. The summed E-state index contributed by atoms with van der Waals surface area (Å²) in [5.41, 5.74) is 0.753. The fourth-order valence-electron chi connectivity index (χ4n) is 2.03. The first-order valence-corrected chi connectivity index (χ1v) is 8.26. The summed E-state index contributed by atoms with van der Waals surface area (Å²) in [5, 5.41) is 3.63. The van der Waals surface area contributed by atoms with Gasteiger partial charge in [0.05, 0.1) is 5.56 Å². The van der Waals surface area contributed by atoms with Crippen LogP contribution in [0.3, 0.4) is 0 Å². The average Bonchev–Trinajstić information content (AvgIpc) is 2.36. The van der Waals surface area contributed by atoms with Crippen LogP contribution >= 0.6 is 27.5 Å². The van der Waals surface area contributed by atoms with Crippen molar-refractivity contribution < 1.29 is 4.79 Å². The Balaban J connectivity index is 2.54. The standard InChI is InChI=1S/C16H23BrClNO/c1-4-5-6-9-16(2,3)11-19-15(20)13-8-7-12(18)10-14(13)17/h7-8,10H,4-6,9,11H2,1-3H3,(H,19,20). The largest absolute Gasteiger partial charge is 0.351 e. The van der Waals surface area contributed by atoms with Gasteiger partial charge in [0.2, 0.25) is 0 Å². The number of benzene rings is 1. The molecule has 112 valence electrons. The maximum Gasteiger partial charge on any atom is 0.252 e. The fraction of sp³-hybridized carbons (Fsp3) is 0.562. The van der Waals surface area contributed by atoms with Crippen LogP contribution in [-0.2, 0) is 0 Å². The number of hydrogen-bond acceptors (Lipinski definition) is 1. The van der Waals surface area contributed by atoms with Gasteiger partial charge >= 0.3 is 0 Å². The van der Waals surface area contributed by atoms with Crippen molar-refractivity contribution >= 4 is 33.4 Å². The highest BCUT2D eigenvalue weighted by Gasteiger charge is 2.19. The van der Waals surface area contributed by atoms with Crippen molar-refractivity contribution in [1.82, 2.24) is 5.32 Å². The number of unbranched alkanes of at least 4 members (excludes halogenated alkanes) is 2. The van der Waals surface area contributed by atoms with Gasteiger partial charge in [-0.1, -0.05) is 51.6 Å². The van der Waals surface area contributed by atoms with Gasteiger partial charge in [-0.25, -0.2) is 0 Å². The second-order valence-electron chi connectivity index (χ2n) is 5.93. The third kappa shape index (κ3) is 5.84. The Labute approximate surface area is 135 Å². The van der Waals surface area contributed by atoms with Crippen molar-refractivity contribution in [3.63, 3.8) is 0 Å². The molecular weight excluding hydrogens is 338 g/mol. The molecule has 0 unspecified atom stereocenters. The molecule has 0 aliphatic rings. The van der Waals surface area contributed by atoms with Crippen LogP contribution in [0, 0.1) is 5.41 Å². The lowest BCUT2D eigenvalue weighted by molar-refractivity contribution is 0.0933. The molecule has 0 aromatic heterocycles. The van der Waals surface area contributed by atoms with E-state index in [0.717, 1.165) is 10.9 Å². The number of nitrogens with one attached hydrogen (secondary N) is 1. The Morgan fingerprint density at radius 2 is 2.05 bits per heavy atom. The molecule has 0 saturated heterocycles. The lowest BCUT2D eigenvalue weighted by atomic mass is 9.87. The number of amides is 1. The van der Waals surface area contributed by atoms with Gasteiger partial charge in [0.1, 0.15) is 0 Å². The lowest BCUT2D eigenvalue weighted by Crippen LogP contribution is -2.34. The van der Waals surface area contributed by atoms with Crippen LogP contribution in [0.5, 0.6) is 0 Å². The van der Waals surface area contributed by atoms with E-state index >= 15 is 0 Å². The fourth-order valence-corrected chi connectivity index (χ4v) is 2.89. The third-order valence-electron chi connectivity index (χ3n) is 3.36. The molecule has 1 aromatic carbocycles. The Hall–Kier alpha value is -0.540. The molecule has 1 amide bonds. The number of rotatable bonds is 7. The summed E-state index contributed by atoms with van der Waals surface area (Å²) in [6.07, 6.45) is 4.81. The summed E-state index contributed by atoms with van der Waals surface area (Å²) in [5.74, 6) is -0.0582. The topological polar surface area (TPSA) is 29.1 Å². The first-order chi connectivity index (χ1) is 9.35. The van der Waals surface area contributed by atoms with E-state index in [1.54, 1.807) is 18.2 Å². The SMILES string of the molecule is CCCCCC(C)(C)CNC(=O)c1ccc(Cl)cc1Br. The van der Waals surface area contributed by atoms with E-state index in [-0.39, 0.29) is 11.3 Å². The predicted octanol–water partition coefficient (Wildman–Crippen LogP) is 5.44. The van der Waals surface area contributed by atoms with E-state index in [1.165, 1.54) is 19.3 Å². The smallest absolute Gasteiger partial charge is 0.252 e. The number of halogens is 2. The molecule has 1 rings (SSSR count). The third-order valence-corrected chi connectivity index (χ3v) is 4.25. The van der Waals surface area contributed by atoms with Crippen LogP contribution in [0.1, 0.15) is 56.8 Å². The minimum atomic E-state index is -0.0582. The first-order valence-electron chi connectivity index (χ1n) is 7.09. The molecule has 2 nitrogen and oxygen atoms in total. The highest BCUT2D eigenvalue weighted by Crippen LogP contribution is 2.24. The molecule has 0 spiro atoms. The molecule has 4 heteroatoms. The second-order valence-corrected chi connectivity index (χ2v) is 7.22. The molecule has 0 atom stereocenters. The van der Waals surface area contributed by atoms with E-state index in [4.69, 9.17) is 11.6 Å². The lowest BCUT2D eigenvalue weighted by Gasteiger charge is -2.25. The van der Waals surface area contributed by atoms with Crippen LogP contribution in [0.2, 0.25) is 5.02 Å². The highest BCUT2D eigenvalue weighted by molar-refractivity contribution is 9.10. The van der Waals surface area contributed by atoms with Crippen LogP contribution in [0.25, 0.3) is 0 Å². The van der Waals surface area contributed by atoms with Crippen LogP contribution in [0.4, 0.5) is 0 Å². The summed E-state index contributed by atoms with van der Waals surface area (Å²) in [6, 6.07) is 5.21. The van der Waals surface area contributed by atoms with Gasteiger partial charge in [0, 0.05) is 16.0 Å². The van der Waals surface area contributed by atoms with Crippen molar-refractivity contribution in [2.75, 3.05) is 6.54 Å². The zero-order valence-corrected chi connectivity index (χ0v) is 14.8. The molecular formula is C16H23BrClNO. The maximum absolute atomic E-state index is 12.2. The molecule has 0 aliphatic heterocycles. The second kappa shape index (κ2) is 8.04. The zero-order chi connectivity index (χ0) is 15.2. The average molecular weight is 361 g/mol. The minimum Gasteiger partial charge on any atom is -0.351 e. The van der Waals surface area contributed by atoms with E-state index in [2.05, 4.69) is 42.0 Å². The Morgan fingerprint density at radius 3 is 2.65 bits per heavy atom. The normalized spacial score (nSPS) is 11.4. The van der Waals surface area contributed by atoms with Crippen molar-refractivity contribution in [3.05, 3.63) is 33.3 Å². The monoisotopic (exact) mass is 359 g/mol. The maximum atomic E-state index is 12.2. The highest BCUT2D eigenvalue weighted by atomic mass is 79.9. The van der Waals surface area contributed by atoms with Crippen molar-refractivity contribution in [3.8, 4) is 0 Å². The summed E-state index contributed by atoms with van der Waals surface area (Å²) < 4.78 is 0.728. The van der Waals surface area contributed by atoms with E-state index in [9.17, 15) is 4.79 Å². The molecule has 0 fully saturated rings. The van der Waals surface area contributed by atoms with Gasteiger partial charge in [0.15, 0.2) is 0 Å². The molecule has 0 aliphatic carbocycles. The number of hydrogen-bond donors (Lipinski definition) is 1. The molecule has 1 N–H and O–H groups in total. The number of carbonyl (C=O) groups excluding carboxylic acids is 1. The van der Waals surface area contributed by atoms with Gasteiger partial charge in [-0.05, 0) is 46.0 Å². The molecule has 0 saturated carbocycles. The van der Waals surface area contributed by atoms with Crippen molar-refractivity contribution in [2.24, 2.45) is 5.41 Å². The minimum absolute atomic E-state index is 0.0582. The van der Waals surface area contributed by atoms with Crippen molar-refractivity contribution in [1.29, 1.82) is 0 Å².